The normalized spacial score (nSPS) is 19.5. The van der Waals surface area contributed by atoms with E-state index in [0.29, 0.717) is 22.6 Å². The molecular formula is C23H24ClN3O4S. The third-order valence-corrected chi connectivity index (χ3v) is 6.87. The molecule has 2 aromatic carbocycles. The van der Waals surface area contributed by atoms with Crippen LogP contribution in [0.5, 0.6) is 0 Å². The Kier molecular flexibility index (Phi) is 5.87. The summed E-state index contributed by atoms with van der Waals surface area (Å²) in [6, 6.07) is 13.1. The lowest BCUT2D eigenvalue weighted by atomic mass is 9.90. The Balaban J connectivity index is 1.90. The number of aryl methyl sites for hydroxylation is 2. The standard InChI is InChI=1S/C23H24ClN3O4S/c1-14-12-22(29)26(2)20-13-17(8-9-18(14)20)27-21(28)11-10-19(25-32(3,30)31)23(27)15-4-6-16(24)7-5-15/h4-9,12-13,19,23,25H,10-11H2,1-3H3/t19-,23+/m0/s1. The molecule has 0 bridgehead atoms. The predicted molar refractivity (Wildman–Crippen MR) is 127 cm³/mol. The van der Waals surface area contributed by atoms with E-state index < -0.39 is 22.1 Å². The van der Waals surface area contributed by atoms with Crippen LogP contribution in [0.4, 0.5) is 5.69 Å². The van der Waals surface area contributed by atoms with Gasteiger partial charge in [-0.2, -0.15) is 0 Å². The van der Waals surface area contributed by atoms with Crippen LogP contribution in [-0.4, -0.2) is 31.2 Å². The highest BCUT2D eigenvalue weighted by atomic mass is 35.5. The topological polar surface area (TPSA) is 88.5 Å². The number of rotatable bonds is 4. The Labute approximate surface area is 191 Å². The summed E-state index contributed by atoms with van der Waals surface area (Å²) in [7, 11) is -1.82. The van der Waals surface area contributed by atoms with Crippen molar-refractivity contribution >= 4 is 44.1 Å². The molecule has 3 aromatic rings. The molecule has 7 nitrogen and oxygen atoms in total. The van der Waals surface area contributed by atoms with Gasteiger partial charge in [0, 0.05) is 41.7 Å². The number of sulfonamides is 1. The predicted octanol–water partition coefficient (Wildman–Crippen LogP) is 3.29. The van der Waals surface area contributed by atoms with Crippen LogP contribution in [0, 0.1) is 6.92 Å². The molecule has 1 aliphatic heterocycles. The number of hydrogen-bond donors (Lipinski definition) is 1. The van der Waals surface area contributed by atoms with Crippen molar-refractivity contribution in [1.29, 1.82) is 0 Å². The largest absolute Gasteiger partial charge is 0.311 e. The number of anilines is 1. The van der Waals surface area contributed by atoms with Gasteiger partial charge >= 0.3 is 0 Å². The van der Waals surface area contributed by atoms with Crippen molar-refractivity contribution in [1.82, 2.24) is 9.29 Å². The van der Waals surface area contributed by atoms with Crippen molar-refractivity contribution in [3.63, 3.8) is 0 Å². The van der Waals surface area contributed by atoms with Gasteiger partial charge in [0.05, 0.1) is 17.8 Å². The Morgan fingerprint density at radius 1 is 1.06 bits per heavy atom. The molecule has 168 valence electrons. The summed E-state index contributed by atoms with van der Waals surface area (Å²) in [6.07, 6.45) is 1.68. The highest BCUT2D eigenvalue weighted by molar-refractivity contribution is 7.88. The third kappa shape index (κ3) is 4.30. The van der Waals surface area contributed by atoms with E-state index in [0.717, 1.165) is 22.8 Å². The minimum absolute atomic E-state index is 0.117. The van der Waals surface area contributed by atoms with Crippen LogP contribution >= 0.6 is 11.6 Å². The second-order valence-electron chi connectivity index (χ2n) is 8.22. The number of hydrogen-bond acceptors (Lipinski definition) is 4. The van der Waals surface area contributed by atoms with E-state index in [2.05, 4.69) is 4.72 Å². The monoisotopic (exact) mass is 473 g/mol. The van der Waals surface area contributed by atoms with Gasteiger partial charge in [0.15, 0.2) is 0 Å². The fourth-order valence-electron chi connectivity index (χ4n) is 4.40. The molecule has 1 fully saturated rings. The van der Waals surface area contributed by atoms with E-state index in [-0.39, 0.29) is 17.9 Å². The maximum Gasteiger partial charge on any atom is 0.251 e. The first-order valence-corrected chi connectivity index (χ1v) is 12.5. The number of nitrogens with one attached hydrogen (secondary N) is 1. The summed E-state index contributed by atoms with van der Waals surface area (Å²) < 4.78 is 28.4. The zero-order valence-corrected chi connectivity index (χ0v) is 19.6. The van der Waals surface area contributed by atoms with Crippen molar-refractivity contribution in [2.45, 2.75) is 31.8 Å². The van der Waals surface area contributed by atoms with Crippen molar-refractivity contribution in [3.8, 4) is 0 Å². The molecule has 2 heterocycles. The first kappa shape index (κ1) is 22.5. The number of carbonyl (C=O) groups excluding carboxylic acids is 1. The average molecular weight is 474 g/mol. The van der Waals surface area contributed by atoms with Crippen LogP contribution in [0.1, 0.15) is 30.0 Å². The summed E-state index contributed by atoms with van der Waals surface area (Å²) >= 11 is 6.06. The van der Waals surface area contributed by atoms with E-state index >= 15 is 0 Å². The number of fused-ring (bicyclic) bond motifs is 1. The summed E-state index contributed by atoms with van der Waals surface area (Å²) in [5.41, 5.74) is 2.78. The number of carbonyl (C=O) groups is 1. The van der Waals surface area contributed by atoms with Gasteiger partial charge in [-0.25, -0.2) is 13.1 Å². The fourth-order valence-corrected chi connectivity index (χ4v) is 5.32. The van der Waals surface area contributed by atoms with E-state index in [9.17, 15) is 18.0 Å². The lowest BCUT2D eigenvalue weighted by Crippen LogP contribution is -2.52. The molecule has 1 aromatic heterocycles. The molecule has 9 heteroatoms. The molecule has 0 unspecified atom stereocenters. The number of nitrogens with zero attached hydrogens (tertiary/aromatic N) is 2. The fraction of sp³-hybridized carbons (Fsp3) is 0.304. The van der Waals surface area contributed by atoms with Crippen LogP contribution < -0.4 is 15.2 Å². The summed E-state index contributed by atoms with van der Waals surface area (Å²) in [4.78, 5) is 27.1. The maximum atomic E-state index is 13.2. The summed E-state index contributed by atoms with van der Waals surface area (Å²) in [5, 5.41) is 1.46. The zero-order chi connectivity index (χ0) is 23.2. The van der Waals surface area contributed by atoms with E-state index in [4.69, 9.17) is 11.6 Å². The molecule has 0 aliphatic carbocycles. The zero-order valence-electron chi connectivity index (χ0n) is 18.0. The Morgan fingerprint density at radius 3 is 2.41 bits per heavy atom. The lowest BCUT2D eigenvalue weighted by Gasteiger charge is -2.41. The van der Waals surface area contributed by atoms with E-state index in [1.54, 1.807) is 46.8 Å². The Morgan fingerprint density at radius 2 is 1.75 bits per heavy atom. The summed E-state index contributed by atoms with van der Waals surface area (Å²) in [6.45, 7) is 1.87. The molecule has 1 amide bonds. The molecule has 2 atom stereocenters. The van der Waals surface area contributed by atoms with Gasteiger partial charge < -0.3 is 9.47 Å². The van der Waals surface area contributed by atoms with Crippen molar-refractivity contribution < 1.29 is 13.2 Å². The van der Waals surface area contributed by atoms with Crippen LogP contribution in [0.25, 0.3) is 10.9 Å². The minimum Gasteiger partial charge on any atom is -0.311 e. The average Bonchev–Trinajstić information content (AvgIpc) is 2.72. The van der Waals surface area contributed by atoms with Gasteiger partial charge in [0.1, 0.15) is 0 Å². The van der Waals surface area contributed by atoms with E-state index in [1.165, 1.54) is 0 Å². The molecule has 1 aliphatic rings. The highest BCUT2D eigenvalue weighted by Crippen LogP contribution is 2.38. The minimum atomic E-state index is -3.51. The van der Waals surface area contributed by atoms with Gasteiger partial charge in [-0.15, -0.1) is 0 Å². The highest BCUT2D eigenvalue weighted by Gasteiger charge is 2.39. The Bertz CT molecular complexity index is 1370. The van der Waals surface area contributed by atoms with Crippen LogP contribution in [-0.2, 0) is 21.9 Å². The quantitative estimate of drug-likeness (QED) is 0.629. The number of amides is 1. The number of aromatic nitrogens is 1. The Hall–Kier alpha value is -2.68. The third-order valence-electron chi connectivity index (χ3n) is 5.89. The SMILES string of the molecule is Cc1cc(=O)n(C)c2cc(N3C(=O)CC[C@H](NS(C)(=O)=O)[C@H]3c3ccc(Cl)cc3)ccc12. The summed E-state index contributed by atoms with van der Waals surface area (Å²) in [5.74, 6) is -0.117. The molecule has 1 N–H and O–H groups in total. The number of pyridine rings is 1. The second-order valence-corrected chi connectivity index (χ2v) is 10.4. The van der Waals surface area contributed by atoms with Crippen molar-refractivity contribution in [3.05, 3.63) is 75.0 Å². The van der Waals surface area contributed by atoms with Crippen LogP contribution in [0.3, 0.4) is 0 Å². The smallest absolute Gasteiger partial charge is 0.251 e. The molecule has 32 heavy (non-hydrogen) atoms. The van der Waals surface area contributed by atoms with Gasteiger partial charge in [-0.3, -0.25) is 9.59 Å². The van der Waals surface area contributed by atoms with Crippen LogP contribution in [0.15, 0.2) is 53.3 Å². The van der Waals surface area contributed by atoms with Gasteiger partial charge in [0.2, 0.25) is 15.9 Å². The molecule has 0 radical (unpaired) electrons. The first-order valence-electron chi connectivity index (χ1n) is 10.2. The molecule has 1 saturated heterocycles. The number of halogens is 1. The molecule has 0 spiro atoms. The second kappa shape index (κ2) is 8.35. The first-order chi connectivity index (χ1) is 15.0. The van der Waals surface area contributed by atoms with Crippen LogP contribution in [0.2, 0.25) is 5.02 Å². The maximum absolute atomic E-state index is 13.2. The van der Waals surface area contributed by atoms with Crippen molar-refractivity contribution in [2.24, 2.45) is 7.05 Å². The lowest BCUT2D eigenvalue weighted by molar-refractivity contribution is -0.120. The van der Waals surface area contributed by atoms with Crippen molar-refractivity contribution in [2.75, 3.05) is 11.2 Å². The number of piperidine rings is 1. The van der Waals surface area contributed by atoms with Gasteiger partial charge in [0.25, 0.3) is 5.56 Å². The number of benzene rings is 2. The van der Waals surface area contributed by atoms with E-state index in [1.807, 2.05) is 25.1 Å². The molecular weight excluding hydrogens is 450 g/mol. The van der Waals surface area contributed by atoms with Gasteiger partial charge in [-0.05, 0) is 48.7 Å². The van der Waals surface area contributed by atoms with Gasteiger partial charge in [-0.1, -0.05) is 29.8 Å². The molecule has 0 saturated carbocycles. The molecule has 4 rings (SSSR count).